The Morgan fingerprint density at radius 3 is 2.55 bits per heavy atom. The van der Waals surface area contributed by atoms with Gasteiger partial charge in [0, 0.05) is 32.6 Å². The Balaban J connectivity index is 1.44. The maximum absolute atomic E-state index is 12.2. The number of nitrogens with one attached hydrogen (secondary N) is 1. The fourth-order valence-corrected chi connectivity index (χ4v) is 4.26. The predicted octanol–water partition coefficient (Wildman–Crippen LogP) is 0.347. The van der Waals surface area contributed by atoms with Gasteiger partial charge in [0.2, 0.25) is 11.8 Å². The summed E-state index contributed by atoms with van der Waals surface area (Å²) in [6.45, 7) is 4.42. The molecular weight excluding hydrogens is 280 g/mol. The summed E-state index contributed by atoms with van der Waals surface area (Å²) in [5.41, 5.74) is 0. The van der Waals surface area contributed by atoms with Crippen LogP contribution in [-0.2, 0) is 9.59 Å². The lowest BCUT2D eigenvalue weighted by molar-refractivity contribution is -0.130. The fourth-order valence-electron chi connectivity index (χ4n) is 4.26. The Bertz CT molecular complexity index is 487. The molecule has 0 spiro atoms. The van der Waals surface area contributed by atoms with Crippen molar-refractivity contribution in [1.29, 1.82) is 5.26 Å². The van der Waals surface area contributed by atoms with Crippen LogP contribution in [0.3, 0.4) is 0 Å². The molecule has 2 heterocycles. The van der Waals surface area contributed by atoms with Crippen molar-refractivity contribution >= 4 is 11.8 Å². The zero-order valence-electron chi connectivity index (χ0n) is 13.1. The van der Waals surface area contributed by atoms with Gasteiger partial charge >= 0.3 is 0 Å². The molecule has 3 fully saturated rings. The minimum atomic E-state index is -0.235. The van der Waals surface area contributed by atoms with Crippen LogP contribution in [0.4, 0.5) is 0 Å². The van der Waals surface area contributed by atoms with Crippen molar-refractivity contribution < 1.29 is 9.59 Å². The molecule has 0 aromatic heterocycles. The van der Waals surface area contributed by atoms with E-state index in [-0.39, 0.29) is 17.9 Å². The van der Waals surface area contributed by atoms with Gasteiger partial charge in [0.1, 0.15) is 6.04 Å². The summed E-state index contributed by atoms with van der Waals surface area (Å²) in [5.74, 6) is 1.38. The highest BCUT2D eigenvalue weighted by Crippen LogP contribution is 2.38. The number of carbonyl (C=O) groups excluding carboxylic acids is 2. The molecule has 1 N–H and O–H groups in total. The molecule has 3 aliphatic rings. The first-order chi connectivity index (χ1) is 10.6. The molecule has 0 aromatic rings. The first-order valence-electron chi connectivity index (χ1n) is 8.26. The number of carbonyl (C=O) groups is 2. The molecule has 2 unspecified atom stereocenters. The van der Waals surface area contributed by atoms with Crippen LogP contribution in [0.1, 0.15) is 32.6 Å². The standard InChI is InChI=1S/C16H24N4O2/c1-11(21)19-9-12-5-14(6-13(12)10-19)18-8-16(22)20-4-2-3-15(20)7-17/h12-15,18H,2-6,8-10H2,1H3/t12?,13?,14?,15-/m0/s1. The summed E-state index contributed by atoms with van der Waals surface area (Å²) in [6.07, 6.45) is 3.82. The number of nitrogens with zero attached hydrogens (tertiary/aromatic N) is 3. The maximum atomic E-state index is 12.2. The molecule has 2 saturated heterocycles. The minimum absolute atomic E-state index is 0.0477. The van der Waals surface area contributed by atoms with E-state index in [0.717, 1.165) is 38.8 Å². The summed E-state index contributed by atoms with van der Waals surface area (Å²) in [7, 11) is 0. The third-order valence-electron chi connectivity index (χ3n) is 5.46. The second-order valence-electron chi connectivity index (χ2n) is 6.87. The largest absolute Gasteiger partial charge is 0.342 e. The molecular formula is C16H24N4O2. The van der Waals surface area contributed by atoms with Crippen LogP contribution in [0.5, 0.6) is 0 Å². The van der Waals surface area contributed by atoms with E-state index in [1.807, 2.05) is 4.90 Å². The third-order valence-corrected chi connectivity index (χ3v) is 5.46. The van der Waals surface area contributed by atoms with Gasteiger partial charge in [-0.25, -0.2) is 0 Å². The Morgan fingerprint density at radius 2 is 1.95 bits per heavy atom. The van der Waals surface area contributed by atoms with Crippen LogP contribution >= 0.6 is 0 Å². The van der Waals surface area contributed by atoms with Crippen LogP contribution in [0.25, 0.3) is 0 Å². The highest BCUT2D eigenvalue weighted by atomic mass is 16.2. The van der Waals surface area contributed by atoms with Crippen molar-refractivity contribution in [2.75, 3.05) is 26.2 Å². The number of rotatable bonds is 3. The number of hydrogen-bond donors (Lipinski definition) is 1. The Hall–Kier alpha value is -1.61. The van der Waals surface area contributed by atoms with Gasteiger partial charge in [0.05, 0.1) is 12.6 Å². The Morgan fingerprint density at radius 1 is 1.27 bits per heavy atom. The average molecular weight is 304 g/mol. The van der Waals surface area contributed by atoms with Crippen LogP contribution < -0.4 is 5.32 Å². The van der Waals surface area contributed by atoms with E-state index < -0.39 is 0 Å². The lowest BCUT2D eigenvalue weighted by Gasteiger charge is -2.22. The van der Waals surface area contributed by atoms with E-state index in [1.54, 1.807) is 11.8 Å². The van der Waals surface area contributed by atoms with Gasteiger partial charge in [-0.2, -0.15) is 5.26 Å². The van der Waals surface area contributed by atoms with E-state index in [1.165, 1.54) is 0 Å². The molecule has 0 bridgehead atoms. The highest BCUT2D eigenvalue weighted by molar-refractivity contribution is 5.79. The van der Waals surface area contributed by atoms with Crippen molar-refractivity contribution in [2.45, 2.75) is 44.7 Å². The van der Waals surface area contributed by atoms with Gasteiger partial charge in [0.15, 0.2) is 0 Å². The zero-order valence-corrected chi connectivity index (χ0v) is 13.1. The van der Waals surface area contributed by atoms with Crippen LogP contribution in [-0.4, -0.2) is 59.9 Å². The van der Waals surface area contributed by atoms with E-state index in [0.29, 0.717) is 31.0 Å². The van der Waals surface area contributed by atoms with Gasteiger partial charge in [-0.05, 0) is 37.5 Å². The van der Waals surface area contributed by atoms with Crippen molar-refractivity contribution in [2.24, 2.45) is 11.8 Å². The Kier molecular flexibility index (Phi) is 4.34. The first-order valence-corrected chi connectivity index (χ1v) is 8.26. The van der Waals surface area contributed by atoms with Crippen molar-refractivity contribution in [3.8, 4) is 6.07 Å². The predicted molar refractivity (Wildman–Crippen MR) is 80.6 cm³/mol. The fraction of sp³-hybridized carbons (Fsp3) is 0.812. The molecule has 0 radical (unpaired) electrons. The van der Waals surface area contributed by atoms with Crippen molar-refractivity contribution in [3.05, 3.63) is 0 Å². The van der Waals surface area contributed by atoms with E-state index in [2.05, 4.69) is 11.4 Å². The quantitative estimate of drug-likeness (QED) is 0.816. The van der Waals surface area contributed by atoms with Crippen molar-refractivity contribution in [1.82, 2.24) is 15.1 Å². The van der Waals surface area contributed by atoms with Gasteiger partial charge in [-0.3, -0.25) is 9.59 Å². The van der Waals surface area contributed by atoms with Crippen LogP contribution in [0, 0.1) is 23.2 Å². The molecule has 1 saturated carbocycles. The number of likely N-dealkylation sites (tertiary alicyclic amines) is 2. The number of fused-ring (bicyclic) bond motifs is 1. The van der Waals surface area contributed by atoms with Gasteiger partial charge in [0.25, 0.3) is 0 Å². The maximum Gasteiger partial charge on any atom is 0.237 e. The lowest BCUT2D eigenvalue weighted by Crippen LogP contribution is -2.43. The summed E-state index contributed by atoms with van der Waals surface area (Å²) in [5, 5.41) is 12.4. The van der Waals surface area contributed by atoms with E-state index in [9.17, 15) is 9.59 Å². The van der Waals surface area contributed by atoms with Crippen LogP contribution in [0.15, 0.2) is 0 Å². The highest BCUT2D eigenvalue weighted by Gasteiger charge is 2.41. The molecule has 2 amide bonds. The summed E-state index contributed by atoms with van der Waals surface area (Å²) < 4.78 is 0. The molecule has 2 aliphatic heterocycles. The van der Waals surface area contributed by atoms with E-state index >= 15 is 0 Å². The number of hydrogen-bond acceptors (Lipinski definition) is 4. The SMILES string of the molecule is CC(=O)N1CC2CC(NCC(=O)N3CCC[C@H]3C#N)CC2C1. The van der Waals surface area contributed by atoms with Gasteiger partial charge in [-0.1, -0.05) is 0 Å². The topological polar surface area (TPSA) is 76.4 Å². The molecule has 3 atom stereocenters. The molecule has 0 aromatic carbocycles. The number of amides is 2. The van der Waals surface area contributed by atoms with Gasteiger partial charge < -0.3 is 15.1 Å². The summed E-state index contributed by atoms with van der Waals surface area (Å²) in [4.78, 5) is 27.3. The zero-order chi connectivity index (χ0) is 15.7. The van der Waals surface area contributed by atoms with E-state index in [4.69, 9.17) is 5.26 Å². The Labute approximate surface area is 131 Å². The van der Waals surface area contributed by atoms with Crippen LogP contribution in [0.2, 0.25) is 0 Å². The first kappa shape index (κ1) is 15.3. The second kappa shape index (κ2) is 6.25. The summed E-state index contributed by atoms with van der Waals surface area (Å²) in [6, 6.07) is 2.35. The normalized spacial score (nSPS) is 33.8. The molecule has 120 valence electrons. The second-order valence-corrected chi connectivity index (χ2v) is 6.87. The van der Waals surface area contributed by atoms with Crippen molar-refractivity contribution in [3.63, 3.8) is 0 Å². The smallest absolute Gasteiger partial charge is 0.237 e. The summed E-state index contributed by atoms with van der Waals surface area (Å²) >= 11 is 0. The molecule has 3 rings (SSSR count). The minimum Gasteiger partial charge on any atom is -0.342 e. The number of nitriles is 1. The third kappa shape index (κ3) is 2.95. The molecule has 22 heavy (non-hydrogen) atoms. The average Bonchev–Trinajstić information content (AvgIpc) is 3.17. The monoisotopic (exact) mass is 304 g/mol. The van der Waals surface area contributed by atoms with Gasteiger partial charge in [-0.15, -0.1) is 0 Å². The molecule has 1 aliphatic carbocycles. The lowest BCUT2D eigenvalue weighted by atomic mass is 10.0. The molecule has 6 heteroatoms. The molecule has 6 nitrogen and oxygen atoms in total.